The Morgan fingerprint density at radius 1 is 0.906 bits per heavy atom. The van der Waals surface area contributed by atoms with Gasteiger partial charge in [-0.05, 0) is 80.4 Å². The zero-order valence-corrected chi connectivity index (χ0v) is 18.8. The van der Waals surface area contributed by atoms with Crippen LogP contribution in [0.15, 0.2) is 60.7 Å². The minimum absolute atomic E-state index is 0.0890. The van der Waals surface area contributed by atoms with Crippen molar-refractivity contribution >= 4 is 34.7 Å². The fourth-order valence-corrected chi connectivity index (χ4v) is 3.35. The van der Waals surface area contributed by atoms with Crippen LogP contribution in [0.25, 0.3) is 5.82 Å². The maximum absolute atomic E-state index is 12.3. The van der Waals surface area contributed by atoms with Gasteiger partial charge in [-0.3, -0.25) is 4.79 Å². The van der Waals surface area contributed by atoms with Gasteiger partial charge < -0.3 is 10.6 Å². The lowest BCUT2D eigenvalue weighted by Crippen LogP contribution is -2.14. The van der Waals surface area contributed by atoms with Gasteiger partial charge in [0.15, 0.2) is 11.6 Å². The second-order valence-electron chi connectivity index (χ2n) is 7.54. The van der Waals surface area contributed by atoms with Crippen LogP contribution in [-0.4, -0.2) is 25.9 Å². The maximum atomic E-state index is 12.3. The molecule has 0 radical (unpaired) electrons. The molecule has 4 rings (SSSR count). The molecule has 2 N–H and O–H groups in total. The van der Waals surface area contributed by atoms with Gasteiger partial charge in [0.2, 0.25) is 5.91 Å². The highest BCUT2D eigenvalue weighted by Crippen LogP contribution is 2.19. The minimum Gasteiger partial charge on any atom is -0.339 e. The van der Waals surface area contributed by atoms with Crippen molar-refractivity contribution in [2.75, 3.05) is 10.6 Å². The number of nitrogens with one attached hydrogen (secondary N) is 2. The Morgan fingerprint density at radius 2 is 1.59 bits per heavy atom. The summed E-state index contributed by atoms with van der Waals surface area (Å²) in [6.45, 7) is 6.03. The van der Waals surface area contributed by atoms with E-state index in [1.165, 1.54) is 0 Å². The molecule has 0 atom stereocenters. The molecule has 1 amide bonds. The summed E-state index contributed by atoms with van der Waals surface area (Å²) in [4.78, 5) is 12.3. The number of amides is 1. The molecule has 4 aromatic rings. The van der Waals surface area contributed by atoms with Crippen molar-refractivity contribution in [2.45, 2.75) is 27.2 Å². The molecular formula is C24H23ClN6O. The van der Waals surface area contributed by atoms with Crippen LogP contribution < -0.4 is 10.6 Å². The molecule has 162 valence electrons. The van der Waals surface area contributed by atoms with Crippen LogP contribution in [0, 0.1) is 20.8 Å². The predicted molar refractivity (Wildman–Crippen MR) is 127 cm³/mol. The molecule has 0 saturated carbocycles. The molecule has 0 aliphatic carbocycles. The molecule has 7 nitrogen and oxygen atoms in total. The molecule has 0 fully saturated rings. The quantitative estimate of drug-likeness (QED) is 0.427. The topological polar surface area (TPSA) is 84.7 Å². The smallest absolute Gasteiger partial charge is 0.228 e. The van der Waals surface area contributed by atoms with Gasteiger partial charge in [-0.25, -0.2) is 4.68 Å². The molecule has 2 aromatic carbocycles. The Kier molecular flexibility index (Phi) is 6.18. The average molecular weight is 447 g/mol. The van der Waals surface area contributed by atoms with Gasteiger partial charge in [0.1, 0.15) is 0 Å². The van der Waals surface area contributed by atoms with E-state index < -0.39 is 0 Å². The van der Waals surface area contributed by atoms with E-state index in [4.69, 9.17) is 11.6 Å². The number of halogens is 1. The monoisotopic (exact) mass is 446 g/mol. The molecule has 0 unspecified atom stereocenters. The molecule has 2 heterocycles. The summed E-state index contributed by atoms with van der Waals surface area (Å²) in [5.74, 6) is 1.20. The molecule has 2 aromatic heterocycles. The van der Waals surface area contributed by atoms with Crippen molar-refractivity contribution in [2.24, 2.45) is 0 Å². The minimum atomic E-state index is -0.0890. The number of benzene rings is 2. The number of hydrogen-bond donors (Lipinski definition) is 2. The van der Waals surface area contributed by atoms with Crippen molar-refractivity contribution in [1.29, 1.82) is 0 Å². The van der Waals surface area contributed by atoms with Gasteiger partial charge in [-0.2, -0.15) is 5.10 Å². The normalized spacial score (nSPS) is 10.8. The van der Waals surface area contributed by atoms with Crippen LogP contribution in [0.2, 0.25) is 5.02 Å². The van der Waals surface area contributed by atoms with Crippen LogP contribution >= 0.6 is 11.6 Å². The number of anilines is 3. The lowest BCUT2D eigenvalue weighted by molar-refractivity contribution is -0.115. The van der Waals surface area contributed by atoms with Gasteiger partial charge >= 0.3 is 0 Å². The number of aryl methyl sites for hydroxylation is 1. The van der Waals surface area contributed by atoms with Crippen LogP contribution in [-0.2, 0) is 11.2 Å². The van der Waals surface area contributed by atoms with E-state index in [9.17, 15) is 4.79 Å². The number of carbonyl (C=O) groups is 1. The van der Waals surface area contributed by atoms with Crippen LogP contribution in [0.4, 0.5) is 17.2 Å². The van der Waals surface area contributed by atoms with Crippen molar-refractivity contribution < 1.29 is 4.79 Å². The second-order valence-corrected chi connectivity index (χ2v) is 7.97. The lowest BCUT2D eigenvalue weighted by Gasteiger charge is -2.09. The average Bonchev–Trinajstić information content (AvgIpc) is 3.04. The summed E-state index contributed by atoms with van der Waals surface area (Å²) in [6, 6.07) is 18.4. The second kappa shape index (κ2) is 9.20. The number of nitrogens with zero attached hydrogens (tertiary/aromatic N) is 4. The fourth-order valence-electron chi connectivity index (χ4n) is 3.23. The van der Waals surface area contributed by atoms with Gasteiger partial charge in [0.25, 0.3) is 0 Å². The molecule has 0 aliphatic rings. The van der Waals surface area contributed by atoms with E-state index in [2.05, 4.69) is 25.9 Å². The molecule has 0 aliphatic heterocycles. The Hall–Kier alpha value is -3.71. The summed E-state index contributed by atoms with van der Waals surface area (Å²) in [5.41, 5.74) is 5.63. The van der Waals surface area contributed by atoms with Gasteiger partial charge in [0.05, 0.1) is 12.1 Å². The Balaban J connectivity index is 1.36. The van der Waals surface area contributed by atoms with E-state index in [0.717, 1.165) is 33.9 Å². The number of hydrogen-bond acceptors (Lipinski definition) is 5. The first-order chi connectivity index (χ1) is 15.4. The highest BCUT2D eigenvalue weighted by Gasteiger charge is 2.10. The van der Waals surface area contributed by atoms with Crippen molar-refractivity contribution in [3.8, 4) is 5.82 Å². The Bertz CT molecular complexity index is 1230. The first kappa shape index (κ1) is 21.5. The number of rotatable bonds is 6. The van der Waals surface area contributed by atoms with E-state index in [-0.39, 0.29) is 12.3 Å². The molecule has 8 heteroatoms. The molecule has 0 saturated heterocycles. The van der Waals surface area contributed by atoms with Crippen molar-refractivity contribution in [3.63, 3.8) is 0 Å². The van der Waals surface area contributed by atoms with E-state index in [0.29, 0.717) is 16.7 Å². The van der Waals surface area contributed by atoms with Gasteiger partial charge in [-0.1, -0.05) is 23.7 Å². The zero-order chi connectivity index (χ0) is 22.7. The highest BCUT2D eigenvalue weighted by atomic mass is 35.5. The third-order valence-electron chi connectivity index (χ3n) is 5.24. The van der Waals surface area contributed by atoms with E-state index in [1.807, 2.05) is 69.3 Å². The standard InChI is InChI=1S/C24H23ClN6O/c1-15-16(2)30-31(17(15)3)23-13-12-22(28-29-23)26-20-8-10-21(11-9-20)27-24(32)14-18-4-6-19(25)7-5-18/h4-13H,14H2,1-3H3,(H,26,28)(H,27,32). The molecule has 32 heavy (non-hydrogen) atoms. The number of carbonyl (C=O) groups excluding carboxylic acids is 1. The van der Waals surface area contributed by atoms with E-state index >= 15 is 0 Å². The lowest BCUT2D eigenvalue weighted by atomic mass is 10.1. The number of aromatic nitrogens is 4. The SMILES string of the molecule is Cc1nn(-c2ccc(Nc3ccc(NC(=O)Cc4ccc(Cl)cc4)cc3)nn2)c(C)c1C. The fraction of sp³-hybridized carbons (Fsp3) is 0.167. The van der Waals surface area contributed by atoms with Gasteiger partial charge in [-0.15, -0.1) is 10.2 Å². The third kappa shape index (κ3) is 4.95. The first-order valence-electron chi connectivity index (χ1n) is 10.2. The van der Waals surface area contributed by atoms with Crippen molar-refractivity contribution in [3.05, 3.63) is 88.2 Å². The maximum Gasteiger partial charge on any atom is 0.228 e. The Labute approximate surface area is 191 Å². The van der Waals surface area contributed by atoms with Crippen molar-refractivity contribution in [1.82, 2.24) is 20.0 Å². The predicted octanol–water partition coefficient (Wildman–Crippen LogP) is 5.17. The van der Waals surface area contributed by atoms with Gasteiger partial charge in [0, 0.05) is 22.1 Å². The van der Waals surface area contributed by atoms with Crippen LogP contribution in [0.3, 0.4) is 0 Å². The Morgan fingerprint density at radius 3 is 2.19 bits per heavy atom. The van der Waals surface area contributed by atoms with Crippen LogP contribution in [0.5, 0.6) is 0 Å². The molecule has 0 spiro atoms. The summed E-state index contributed by atoms with van der Waals surface area (Å²) in [5, 5.41) is 19.8. The summed E-state index contributed by atoms with van der Waals surface area (Å²) in [6.07, 6.45) is 0.286. The third-order valence-corrected chi connectivity index (χ3v) is 5.49. The largest absolute Gasteiger partial charge is 0.339 e. The zero-order valence-electron chi connectivity index (χ0n) is 18.1. The first-order valence-corrected chi connectivity index (χ1v) is 10.5. The summed E-state index contributed by atoms with van der Waals surface area (Å²) < 4.78 is 1.79. The highest BCUT2D eigenvalue weighted by molar-refractivity contribution is 6.30. The van der Waals surface area contributed by atoms with E-state index in [1.54, 1.807) is 16.8 Å². The molecular weight excluding hydrogens is 424 g/mol. The van der Waals surface area contributed by atoms with Crippen LogP contribution in [0.1, 0.15) is 22.5 Å². The summed E-state index contributed by atoms with van der Waals surface area (Å²) in [7, 11) is 0. The molecule has 0 bridgehead atoms. The summed E-state index contributed by atoms with van der Waals surface area (Å²) >= 11 is 5.88.